The van der Waals surface area contributed by atoms with Crippen LogP contribution in [0.1, 0.15) is 44.6 Å². The lowest BCUT2D eigenvalue weighted by molar-refractivity contribution is -0.143. The summed E-state index contributed by atoms with van der Waals surface area (Å²) >= 11 is 1.69. The van der Waals surface area contributed by atoms with Gasteiger partial charge < -0.3 is 14.0 Å². The average molecular weight is 453 g/mol. The van der Waals surface area contributed by atoms with E-state index in [9.17, 15) is 4.79 Å². The lowest BCUT2D eigenvalue weighted by Gasteiger charge is -2.16. The van der Waals surface area contributed by atoms with Gasteiger partial charge in [0, 0.05) is 26.1 Å². The molecule has 5 nitrogen and oxygen atoms in total. The average Bonchev–Trinajstić information content (AvgIpc) is 3.44. The van der Waals surface area contributed by atoms with Crippen LogP contribution in [0.3, 0.4) is 0 Å². The predicted octanol–water partition coefficient (Wildman–Crippen LogP) is 5.50. The van der Waals surface area contributed by atoms with E-state index in [4.69, 9.17) is 9.47 Å². The van der Waals surface area contributed by atoms with Gasteiger partial charge in [-0.25, -0.2) is 0 Å². The van der Waals surface area contributed by atoms with Gasteiger partial charge >= 0.3 is 5.97 Å². The number of nitrogens with zero attached hydrogens (tertiary/aromatic N) is 2. The van der Waals surface area contributed by atoms with Crippen molar-refractivity contribution in [2.24, 2.45) is 18.0 Å². The molecule has 4 rings (SSSR count). The molecular formula is C26H32N2O3S. The van der Waals surface area contributed by atoms with Gasteiger partial charge in [-0.3, -0.25) is 9.79 Å². The highest BCUT2D eigenvalue weighted by Crippen LogP contribution is 2.35. The van der Waals surface area contributed by atoms with Crippen LogP contribution in [-0.4, -0.2) is 30.8 Å². The SMILES string of the molecule is CCOC(=O)CCc1ccc(OCC2CCCC2)c(-c2ccc3c(c2)sc(=NC)n3C)c1. The molecule has 1 fully saturated rings. The fourth-order valence-corrected chi connectivity index (χ4v) is 5.47. The second kappa shape index (κ2) is 10.3. The summed E-state index contributed by atoms with van der Waals surface area (Å²) < 4.78 is 14.8. The van der Waals surface area contributed by atoms with Crippen molar-refractivity contribution in [2.45, 2.75) is 45.4 Å². The van der Waals surface area contributed by atoms with Crippen molar-refractivity contribution in [1.82, 2.24) is 4.57 Å². The van der Waals surface area contributed by atoms with Crippen LogP contribution in [0.15, 0.2) is 41.4 Å². The molecule has 0 bridgehead atoms. The maximum Gasteiger partial charge on any atom is 0.306 e. The molecule has 0 unspecified atom stereocenters. The molecule has 2 aromatic carbocycles. The van der Waals surface area contributed by atoms with Crippen molar-refractivity contribution < 1.29 is 14.3 Å². The van der Waals surface area contributed by atoms with Crippen LogP contribution in [0.2, 0.25) is 0 Å². The molecule has 32 heavy (non-hydrogen) atoms. The Balaban J connectivity index is 1.66. The van der Waals surface area contributed by atoms with E-state index >= 15 is 0 Å². The quantitative estimate of drug-likeness (QED) is 0.424. The molecular weight excluding hydrogens is 420 g/mol. The number of hydrogen-bond acceptors (Lipinski definition) is 5. The molecule has 1 heterocycles. The van der Waals surface area contributed by atoms with Gasteiger partial charge in [-0.2, -0.15) is 0 Å². The zero-order chi connectivity index (χ0) is 22.5. The third kappa shape index (κ3) is 5.07. The fraction of sp³-hybridized carbons (Fsp3) is 0.462. The summed E-state index contributed by atoms with van der Waals surface area (Å²) in [4.78, 5) is 17.2. The van der Waals surface area contributed by atoms with Gasteiger partial charge in [0.15, 0.2) is 4.80 Å². The van der Waals surface area contributed by atoms with E-state index in [1.807, 2.05) is 21.0 Å². The zero-order valence-electron chi connectivity index (χ0n) is 19.2. The molecule has 6 heteroatoms. The molecule has 0 aliphatic heterocycles. The number of carbonyl (C=O) groups is 1. The Hall–Kier alpha value is -2.60. The zero-order valence-corrected chi connectivity index (χ0v) is 20.0. The molecule has 0 saturated heterocycles. The Morgan fingerprint density at radius 3 is 2.75 bits per heavy atom. The normalized spacial score (nSPS) is 14.9. The summed E-state index contributed by atoms with van der Waals surface area (Å²) in [5.41, 5.74) is 4.49. The monoisotopic (exact) mass is 452 g/mol. The van der Waals surface area contributed by atoms with Crippen molar-refractivity contribution >= 4 is 27.5 Å². The standard InChI is InChI=1S/C26H32N2O3S/c1-4-30-25(29)14-10-18-9-13-23(31-17-19-7-5-6-8-19)21(15-18)20-11-12-22-24(16-20)32-26(27-2)28(22)3/h9,11-13,15-16,19H,4-8,10,14,17H2,1-3H3. The highest BCUT2D eigenvalue weighted by Gasteiger charge is 2.17. The minimum Gasteiger partial charge on any atom is -0.493 e. The summed E-state index contributed by atoms with van der Waals surface area (Å²) in [6, 6.07) is 12.8. The molecule has 0 spiro atoms. The molecule has 1 aliphatic rings. The number of thiazole rings is 1. The highest BCUT2D eigenvalue weighted by atomic mass is 32.1. The van der Waals surface area contributed by atoms with Crippen molar-refractivity contribution in [1.29, 1.82) is 0 Å². The first-order valence-electron chi connectivity index (χ1n) is 11.5. The molecule has 170 valence electrons. The maximum atomic E-state index is 11.8. The number of aryl methyl sites for hydroxylation is 2. The maximum absolute atomic E-state index is 11.8. The van der Waals surface area contributed by atoms with Gasteiger partial charge in [-0.15, -0.1) is 0 Å². The number of fused-ring (bicyclic) bond motifs is 1. The lowest BCUT2D eigenvalue weighted by atomic mass is 9.99. The van der Waals surface area contributed by atoms with E-state index in [1.54, 1.807) is 11.3 Å². The molecule has 0 N–H and O–H groups in total. The molecule has 1 aliphatic carbocycles. The van der Waals surface area contributed by atoms with Gasteiger partial charge in [0.2, 0.25) is 0 Å². The summed E-state index contributed by atoms with van der Waals surface area (Å²) in [5.74, 6) is 1.41. The highest BCUT2D eigenvalue weighted by molar-refractivity contribution is 7.16. The summed E-state index contributed by atoms with van der Waals surface area (Å²) in [5, 5.41) is 0. The van der Waals surface area contributed by atoms with E-state index in [0.717, 1.165) is 33.8 Å². The number of carbonyl (C=O) groups excluding carboxylic acids is 1. The Bertz CT molecular complexity index is 1160. The van der Waals surface area contributed by atoms with Gasteiger partial charge in [0.05, 0.1) is 23.4 Å². The van der Waals surface area contributed by atoms with Crippen LogP contribution < -0.4 is 9.54 Å². The van der Waals surface area contributed by atoms with Crippen LogP contribution >= 0.6 is 11.3 Å². The van der Waals surface area contributed by atoms with Crippen molar-refractivity contribution in [2.75, 3.05) is 20.3 Å². The van der Waals surface area contributed by atoms with E-state index in [1.165, 1.54) is 35.9 Å². The van der Waals surface area contributed by atoms with Gasteiger partial charge in [-0.1, -0.05) is 36.3 Å². The summed E-state index contributed by atoms with van der Waals surface area (Å²) in [6.45, 7) is 3.02. The number of hydrogen-bond donors (Lipinski definition) is 0. The van der Waals surface area contributed by atoms with E-state index in [2.05, 4.69) is 46.0 Å². The van der Waals surface area contributed by atoms with Gasteiger partial charge in [0.25, 0.3) is 0 Å². The Morgan fingerprint density at radius 1 is 1.19 bits per heavy atom. The predicted molar refractivity (Wildman–Crippen MR) is 130 cm³/mol. The van der Waals surface area contributed by atoms with Crippen LogP contribution in [0.25, 0.3) is 21.3 Å². The minimum atomic E-state index is -0.154. The third-order valence-corrected chi connectivity index (χ3v) is 7.41. The molecule has 1 aromatic heterocycles. The summed E-state index contributed by atoms with van der Waals surface area (Å²) in [6.07, 6.45) is 6.18. The van der Waals surface area contributed by atoms with Crippen LogP contribution in [-0.2, 0) is 23.0 Å². The lowest BCUT2D eigenvalue weighted by Crippen LogP contribution is -2.09. The summed E-state index contributed by atoms with van der Waals surface area (Å²) in [7, 11) is 3.88. The van der Waals surface area contributed by atoms with E-state index in [-0.39, 0.29) is 5.97 Å². The first-order chi connectivity index (χ1) is 15.6. The number of ether oxygens (including phenoxy) is 2. The Morgan fingerprint density at radius 2 is 2.00 bits per heavy atom. The van der Waals surface area contributed by atoms with E-state index in [0.29, 0.717) is 25.4 Å². The van der Waals surface area contributed by atoms with Crippen molar-refractivity contribution in [3.8, 4) is 16.9 Å². The van der Waals surface area contributed by atoms with Gasteiger partial charge in [0.1, 0.15) is 5.75 Å². The Labute approximate surface area is 193 Å². The van der Waals surface area contributed by atoms with Crippen LogP contribution in [0.4, 0.5) is 0 Å². The second-order valence-corrected chi connectivity index (χ2v) is 9.46. The smallest absolute Gasteiger partial charge is 0.306 e. The first-order valence-corrected chi connectivity index (χ1v) is 12.3. The number of benzene rings is 2. The van der Waals surface area contributed by atoms with Crippen molar-refractivity contribution in [3.05, 3.63) is 46.8 Å². The molecule has 0 amide bonds. The molecule has 1 saturated carbocycles. The molecule has 3 aromatic rings. The minimum absolute atomic E-state index is 0.154. The number of esters is 1. The van der Waals surface area contributed by atoms with Gasteiger partial charge in [-0.05, 0) is 67.5 Å². The van der Waals surface area contributed by atoms with Crippen LogP contribution in [0, 0.1) is 5.92 Å². The van der Waals surface area contributed by atoms with E-state index < -0.39 is 0 Å². The molecule has 0 atom stereocenters. The Kier molecular flexibility index (Phi) is 7.30. The second-order valence-electron chi connectivity index (χ2n) is 8.45. The number of aromatic nitrogens is 1. The largest absolute Gasteiger partial charge is 0.493 e. The third-order valence-electron chi connectivity index (χ3n) is 6.23. The van der Waals surface area contributed by atoms with Crippen LogP contribution in [0.5, 0.6) is 5.75 Å². The fourth-order valence-electron chi connectivity index (χ4n) is 4.45. The van der Waals surface area contributed by atoms with Crippen molar-refractivity contribution in [3.63, 3.8) is 0 Å². The topological polar surface area (TPSA) is 52.8 Å². The first kappa shape index (κ1) is 22.6. The molecule has 0 radical (unpaired) electrons. The number of rotatable bonds is 8.